The van der Waals surface area contributed by atoms with Crippen LogP contribution in [0, 0.1) is 0 Å². The molecule has 1 fully saturated rings. The van der Waals surface area contributed by atoms with Gasteiger partial charge in [0.2, 0.25) is 0 Å². The second-order valence-electron chi connectivity index (χ2n) is 3.87. The van der Waals surface area contributed by atoms with Crippen LogP contribution < -0.4 is 0 Å². The van der Waals surface area contributed by atoms with E-state index in [2.05, 4.69) is 30.5 Å². The molecule has 0 aliphatic heterocycles. The number of hydrogen-bond donors (Lipinski definition) is 0. The first kappa shape index (κ1) is 10.1. The average molecular weight is 208 g/mol. The lowest BCUT2D eigenvalue weighted by atomic mass is 10.2. The average Bonchev–Trinajstić information content (AvgIpc) is 3.00. The van der Waals surface area contributed by atoms with Gasteiger partial charge in [-0.2, -0.15) is 11.8 Å². The highest BCUT2D eigenvalue weighted by molar-refractivity contribution is 8.00. The van der Waals surface area contributed by atoms with Crippen LogP contribution in [0.5, 0.6) is 0 Å². The largest absolute Gasteiger partial charge is 0.375 e. The van der Waals surface area contributed by atoms with Gasteiger partial charge in [-0.25, -0.2) is 0 Å². The van der Waals surface area contributed by atoms with Gasteiger partial charge in [0.15, 0.2) is 0 Å². The third-order valence-corrected chi connectivity index (χ3v) is 4.11. The molecule has 0 saturated heterocycles. The Bertz CT molecular complexity index is 280. The van der Waals surface area contributed by atoms with E-state index in [1.165, 1.54) is 18.4 Å². The molecule has 0 N–H and O–H groups in total. The maximum Gasteiger partial charge on any atom is 0.0717 e. The summed E-state index contributed by atoms with van der Waals surface area (Å²) in [5.41, 5.74) is 1.27. The topological polar surface area (TPSA) is 9.23 Å². The second-order valence-corrected chi connectivity index (χ2v) is 5.14. The molecule has 0 aromatic heterocycles. The zero-order valence-electron chi connectivity index (χ0n) is 8.53. The Morgan fingerprint density at radius 2 is 2.00 bits per heavy atom. The standard InChI is InChI=1S/C12H16OS/c1-14-12(7-8-12)10-13-9-11-5-3-2-4-6-11/h2-6H,7-10H2,1H3. The minimum Gasteiger partial charge on any atom is -0.375 e. The molecule has 0 heterocycles. The number of rotatable bonds is 5. The third kappa shape index (κ3) is 2.52. The van der Waals surface area contributed by atoms with Crippen molar-refractivity contribution in [3.8, 4) is 0 Å². The minimum absolute atomic E-state index is 0.467. The van der Waals surface area contributed by atoms with Crippen LogP contribution in [-0.4, -0.2) is 17.6 Å². The van der Waals surface area contributed by atoms with Crippen LogP contribution in [0.15, 0.2) is 30.3 Å². The molecule has 1 saturated carbocycles. The second kappa shape index (κ2) is 4.37. The Balaban J connectivity index is 1.73. The van der Waals surface area contributed by atoms with Crippen LogP contribution in [0.3, 0.4) is 0 Å². The summed E-state index contributed by atoms with van der Waals surface area (Å²) >= 11 is 1.95. The summed E-state index contributed by atoms with van der Waals surface area (Å²) in [5.74, 6) is 0. The molecule has 0 spiro atoms. The summed E-state index contributed by atoms with van der Waals surface area (Å²) in [6.45, 7) is 1.66. The molecule has 76 valence electrons. The van der Waals surface area contributed by atoms with Gasteiger partial charge in [0.1, 0.15) is 0 Å². The van der Waals surface area contributed by atoms with E-state index in [9.17, 15) is 0 Å². The summed E-state index contributed by atoms with van der Waals surface area (Å²) in [4.78, 5) is 0. The van der Waals surface area contributed by atoms with Crippen molar-refractivity contribution in [3.05, 3.63) is 35.9 Å². The van der Waals surface area contributed by atoms with E-state index in [1.54, 1.807) is 0 Å². The smallest absolute Gasteiger partial charge is 0.0717 e. The summed E-state index contributed by atoms with van der Waals surface area (Å²) in [7, 11) is 0. The van der Waals surface area contributed by atoms with E-state index in [1.807, 2.05) is 17.8 Å². The summed E-state index contributed by atoms with van der Waals surface area (Å²) in [6, 6.07) is 10.4. The predicted octanol–water partition coefficient (Wildman–Crippen LogP) is 3.10. The monoisotopic (exact) mass is 208 g/mol. The van der Waals surface area contributed by atoms with E-state index in [4.69, 9.17) is 4.74 Å². The van der Waals surface area contributed by atoms with Gasteiger partial charge in [-0.3, -0.25) is 0 Å². The SMILES string of the molecule is CSC1(COCc2ccccc2)CC1. The van der Waals surface area contributed by atoms with Gasteiger partial charge in [0.05, 0.1) is 13.2 Å². The fourth-order valence-electron chi connectivity index (χ4n) is 1.48. The molecule has 2 heteroatoms. The normalized spacial score (nSPS) is 18.1. The van der Waals surface area contributed by atoms with Crippen molar-refractivity contribution in [1.29, 1.82) is 0 Å². The van der Waals surface area contributed by atoms with Gasteiger partial charge in [-0.05, 0) is 24.7 Å². The van der Waals surface area contributed by atoms with Crippen molar-refractivity contribution in [2.75, 3.05) is 12.9 Å². The van der Waals surface area contributed by atoms with Crippen molar-refractivity contribution in [1.82, 2.24) is 0 Å². The molecule has 1 aliphatic carbocycles. The number of thioether (sulfide) groups is 1. The highest BCUT2D eigenvalue weighted by atomic mass is 32.2. The van der Waals surface area contributed by atoms with E-state index in [-0.39, 0.29) is 0 Å². The molecular weight excluding hydrogens is 192 g/mol. The molecule has 2 rings (SSSR count). The van der Waals surface area contributed by atoms with E-state index >= 15 is 0 Å². The highest BCUT2D eigenvalue weighted by Gasteiger charge is 2.41. The van der Waals surface area contributed by atoms with Crippen LogP contribution in [0.1, 0.15) is 18.4 Å². The van der Waals surface area contributed by atoms with Gasteiger partial charge in [-0.15, -0.1) is 0 Å². The Labute approximate surface area is 89.9 Å². The Morgan fingerprint density at radius 1 is 1.29 bits per heavy atom. The van der Waals surface area contributed by atoms with E-state index < -0.39 is 0 Å². The molecule has 0 radical (unpaired) electrons. The minimum atomic E-state index is 0.467. The summed E-state index contributed by atoms with van der Waals surface area (Å²) < 4.78 is 6.18. The van der Waals surface area contributed by atoms with Crippen molar-refractivity contribution in [3.63, 3.8) is 0 Å². The van der Waals surface area contributed by atoms with Gasteiger partial charge in [0.25, 0.3) is 0 Å². The number of hydrogen-bond acceptors (Lipinski definition) is 2. The molecular formula is C12H16OS. The predicted molar refractivity (Wildman–Crippen MR) is 61.6 cm³/mol. The lowest BCUT2D eigenvalue weighted by Gasteiger charge is -2.12. The molecule has 0 bridgehead atoms. The molecule has 1 aromatic carbocycles. The van der Waals surface area contributed by atoms with Gasteiger partial charge >= 0.3 is 0 Å². The van der Waals surface area contributed by atoms with Crippen molar-refractivity contribution >= 4 is 11.8 Å². The first-order valence-electron chi connectivity index (χ1n) is 5.01. The summed E-state index contributed by atoms with van der Waals surface area (Å²) in [6.07, 6.45) is 4.82. The van der Waals surface area contributed by atoms with E-state index in [0.29, 0.717) is 4.75 Å². The fraction of sp³-hybridized carbons (Fsp3) is 0.500. The van der Waals surface area contributed by atoms with Crippen LogP contribution in [-0.2, 0) is 11.3 Å². The number of benzene rings is 1. The van der Waals surface area contributed by atoms with Crippen molar-refractivity contribution < 1.29 is 4.74 Å². The summed E-state index contributed by atoms with van der Waals surface area (Å²) in [5, 5.41) is 0. The third-order valence-electron chi connectivity index (χ3n) is 2.72. The molecule has 0 unspecified atom stereocenters. The molecule has 14 heavy (non-hydrogen) atoms. The quantitative estimate of drug-likeness (QED) is 0.735. The lowest BCUT2D eigenvalue weighted by molar-refractivity contribution is 0.118. The maximum atomic E-state index is 5.72. The van der Waals surface area contributed by atoms with Gasteiger partial charge < -0.3 is 4.74 Å². The van der Waals surface area contributed by atoms with Crippen LogP contribution >= 0.6 is 11.8 Å². The highest BCUT2D eigenvalue weighted by Crippen LogP contribution is 2.47. The van der Waals surface area contributed by atoms with Crippen molar-refractivity contribution in [2.45, 2.75) is 24.2 Å². The zero-order chi connectivity index (χ0) is 9.86. The van der Waals surface area contributed by atoms with Crippen molar-refractivity contribution in [2.24, 2.45) is 0 Å². The zero-order valence-corrected chi connectivity index (χ0v) is 9.35. The molecule has 1 aliphatic rings. The van der Waals surface area contributed by atoms with Crippen LogP contribution in [0.4, 0.5) is 0 Å². The Kier molecular flexibility index (Phi) is 3.14. The molecule has 0 atom stereocenters. The first-order valence-corrected chi connectivity index (χ1v) is 6.24. The molecule has 0 amide bonds. The lowest BCUT2D eigenvalue weighted by Crippen LogP contribution is -2.12. The molecule has 1 aromatic rings. The van der Waals surface area contributed by atoms with Gasteiger partial charge in [0, 0.05) is 4.75 Å². The Hall–Kier alpha value is -0.470. The van der Waals surface area contributed by atoms with E-state index in [0.717, 1.165) is 13.2 Å². The van der Waals surface area contributed by atoms with Crippen LogP contribution in [0.2, 0.25) is 0 Å². The maximum absolute atomic E-state index is 5.72. The fourth-order valence-corrected chi connectivity index (χ4v) is 2.19. The Morgan fingerprint density at radius 3 is 2.57 bits per heavy atom. The number of ether oxygens (including phenoxy) is 1. The molecule has 1 nitrogen and oxygen atoms in total. The van der Waals surface area contributed by atoms with Crippen LogP contribution in [0.25, 0.3) is 0 Å². The van der Waals surface area contributed by atoms with Gasteiger partial charge in [-0.1, -0.05) is 30.3 Å². The first-order chi connectivity index (χ1) is 6.85.